The molecule has 0 spiro atoms. The summed E-state index contributed by atoms with van der Waals surface area (Å²) in [6.07, 6.45) is 1.97. The minimum Gasteiger partial charge on any atom is -0.354 e. The maximum absolute atomic E-state index is 12.2. The van der Waals surface area contributed by atoms with Crippen molar-refractivity contribution in [2.24, 2.45) is 0 Å². The Morgan fingerprint density at radius 3 is 2.40 bits per heavy atom. The third-order valence-electron chi connectivity index (χ3n) is 4.40. The number of amides is 1. The van der Waals surface area contributed by atoms with E-state index in [-0.39, 0.29) is 17.4 Å². The van der Waals surface area contributed by atoms with Crippen LogP contribution in [0.3, 0.4) is 0 Å². The Bertz CT molecular complexity index is 713. The lowest BCUT2D eigenvalue weighted by atomic mass is 9.79. The average Bonchev–Trinajstić information content (AvgIpc) is 2.56. The molecule has 0 aliphatic heterocycles. The van der Waals surface area contributed by atoms with Crippen molar-refractivity contribution in [1.29, 1.82) is 0 Å². The van der Waals surface area contributed by atoms with Crippen LogP contribution in [-0.4, -0.2) is 11.9 Å². The fourth-order valence-corrected chi connectivity index (χ4v) is 3.44. The van der Waals surface area contributed by atoms with E-state index in [0.29, 0.717) is 22.9 Å². The maximum atomic E-state index is 12.2. The highest BCUT2D eigenvalue weighted by molar-refractivity contribution is 6.42. The van der Waals surface area contributed by atoms with Crippen LogP contribution in [0, 0.1) is 0 Å². The summed E-state index contributed by atoms with van der Waals surface area (Å²) >= 11 is 11.9. The minimum atomic E-state index is 0.0116. The van der Waals surface area contributed by atoms with Crippen LogP contribution in [0.25, 0.3) is 0 Å². The number of nitrogens with one attached hydrogen (secondary N) is 1. The van der Waals surface area contributed by atoms with E-state index in [4.69, 9.17) is 23.2 Å². The summed E-state index contributed by atoms with van der Waals surface area (Å²) in [6.45, 7) is 6.48. The monoisotopic (exact) mass is 377 g/mol. The van der Waals surface area contributed by atoms with E-state index in [1.54, 1.807) is 6.07 Å². The molecule has 0 saturated heterocycles. The number of halogens is 2. The van der Waals surface area contributed by atoms with Gasteiger partial charge in [-0.15, -0.1) is 0 Å². The Hall–Kier alpha value is -1.51. The molecular formula is C21H25Cl2NO. The summed E-state index contributed by atoms with van der Waals surface area (Å²) in [7, 11) is 0. The lowest BCUT2D eigenvalue weighted by Gasteiger charge is -2.29. The Morgan fingerprint density at radius 2 is 1.76 bits per heavy atom. The number of rotatable bonds is 7. The van der Waals surface area contributed by atoms with Gasteiger partial charge in [-0.25, -0.2) is 0 Å². The van der Waals surface area contributed by atoms with Gasteiger partial charge in [-0.05, 0) is 48.4 Å². The maximum Gasteiger partial charge on any atom is 0.220 e. The molecule has 0 aromatic heterocycles. The molecule has 0 heterocycles. The molecule has 1 N–H and O–H groups in total. The van der Waals surface area contributed by atoms with Crippen LogP contribution in [0.1, 0.15) is 44.7 Å². The van der Waals surface area contributed by atoms with Crippen molar-refractivity contribution in [2.45, 2.75) is 51.5 Å². The van der Waals surface area contributed by atoms with Gasteiger partial charge in [-0.1, -0.05) is 73.4 Å². The lowest BCUT2D eigenvalue weighted by Crippen LogP contribution is -2.37. The van der Waals surface area contributed by atoms with Crippen LogP contribution >= 0.6 is 23.2 Å². The molecule has 2 aromatic carbocycles. The molecule has 0 radical (unpaired) electrons. The molecule has 0 fully saturated rings. The quantitative estimate of drug-likeness (QED) is 0.648. The highest BCUT2D eigenvalue weighted by atomic mass is 35.5. The second-order valence-electron chi connectivity index (χ2n) is 7.17. The SMILES string of the molecule is CC(CC(C)(C)c1ccccc1)NC(=O)CCc1ccc(Cl)c(Cl)c1. The summed E-state index contributed by atoms with van der Waals surface area (Å²) in [5.74, 6) is 0.0578. The van der Waals surface area contributed by atoms with E-state index in [0.717, 1.165) is 12.0 Å². The molecule has 2 aromatic rings. The summed E-state index contributed by atoms with van der Waals surface area (Å²) in [5.41, 5.74) is 2.31. The highest BCUT2D eigenvalue weighted by Crippen LogP contribution is 2.28. The second kappa shape index (κ2) is 8.73. The van der Waals surface area contributed by atoms with E-state index >= 15 is 0 Å². The van der Waals surface area contributed by atoms with E-state index in [1.807, 2.05) is 18.2 Å². The van der Waals surface area contributed by atoms with Crippen molar-refractivity contribution < 1.29 is 4.79 Å². The topological polar surface area (TPSA) is 29.1 Å². The summed E-state index contributed by atoms with van der Waals surface area (Å²) in [4.78, 5) is 12.2. The second-order valence-corrected chi connectivity index (χ2v) is 7.99. The van der Waals surface area contributed by atoms with Crippen molar-refractivity contribution in [1.82, 2.24) is 5.32 Å². The first-order chi connectivity index (χ1) is 11.8. The van der Waals surface area contributed by atoms with E-state index in [9.17, 15) is 4.79 Å². The van der Waals surface area contributed by atoms with E-state index < -0.39 is 0 Å². The van der Waals surface area contributed by atoms with Crippen molar-refractivity contribution >= 4 is 29.1 Å². The Kier molecular flexibility index (Phi) is 6.92. The third-order valence-corrected chi connectivity index (χ3v) is 5.14. The average molecular weight is 378 g/mol. The van der Waals surface area contributed by atoms with Crippen LogP contribution in [0.5, 0.6) is 0 Å². The zero-order valence-corrected chi connectivity index (χ0v) is 16.5. The zero-order valence-electron chi connectivity index (χ0n) is 15.0. The van der Waals surface area contributed by atoms with Gasteiger partial charge in [0.25, 0.3) is 0 Å². The number of aryl methyl sites for hydroxylation is 1. The predicted octanol–water partition coefficient (Wildman–Crippen LogP) is 5.80. The number of hydrogen-bond donors (Lipinski definition) is 1. The normalized spacial score (nSPS) is 12.7. The van der Waals surface area contributed by atoms with Crippen molar-refractivity contribution in [2.75, 3.05) is 0 Å². The molecule has 0 saturated carbocycles. The largest absolute Gasteiger partial charge is 0.354 e. The van der Waals surface area contributed by atoms with Gasteiger partial charge in [-0.3, -0.25) is 4.79 Å². The Balaban J connectivity index is 1.84. The Labute approximate surface area is 160 Å². The molecule has 0 bridgehead atoms. The first-order valence-electron chi connectivity index (χ1n) is 8.57. The molecule has 1 unspecified atom stereocenters. The van der Waals surface area contributed by atoms with Gasteiger partial charge >= 0.3 is 0 Å². The fraction of sp³-hybridized carbons (Fsp3) is 0.381. The molecule has 0 aliphatic carbocycles. The third kappa shape index (κ3) is 6.05. The molecule has 2 rings (SSSR count). The zero-order chi connectivity index (χ0) is 18.4. The number of benzene rings is 2. The summed E-state index contributed by atoms with van der Waals surface area (Å²) in [6, 6.07) is 16.0. The van der Waals surface area contributed by atoms with E-state index in [1.165, 1.54) is 5.56 Å². The van der Waals surface area contributed by atoms with Crippen LogP contribution in [0.15, 0.2) is 48.5 Å². The standard InChI is InChI=1S/C21H25Cl2NO/c1-15(14-21(2,3)17-7-5-4-6-8-17)24-20(25)12-10-16-9-11-18(22)19(23)13-16/h4-9,11,13,15H,10,12,14H2,1-3H3,(H,24,25). The van der Waals surface area contributed by atoms with Crippen LogP contribution in [-0.2, 0) is 16.6 Å². The molecular weight excluding hydrogens is 353 g/mol. The fourth-order valence-electron chi connectivity index (χ4n) is 3.12. The first kappa shape index (κ1) is 19.8. The smallest absolute Gasteiger partial charge is 0.220 e. The molecule has 25 heavy (non-hydrogen) atoms. The molecule has 1 atom stereocenters. The van der Waals surface area contributed by atoms with Crippen LogP contribution in [0.2, 0.25) is 10.0 Å². The van der Waals surface area contributed by atoms with Crippen molar-refractivity contribution in [3.63, 3.8) is 0 Å². The van der Waals surface area contributed by atoms with Gasteiger partial charge in [-0.2, -0.15) is 0 Å². The van der Waals surface area contributed by atoms with Gasteiger partial charge in [0.15, 0.2) is 0 Å². The molecule has 134 valence electrons. The van der Waals surface area contributed by atoms with Gasteiger partial charge in [0.05, 0.1) is 10.0 Å². The molecule has 0 aliphatic rings. The molecule has 2 nitrogen and oxygen atoms in total. The molecule has 4 heteroatoms. The highest BCUT2D eigenvalue weighted by Gasteiger charge is 2.23. The van der Waals surface area contributed by atoms with Gasteiger partial charge in [0.2, 0.25) is 5.91 Å². The summed E-state index contributed by atoms with van der Waals surface area (Å²) in [5, 5.41) is 4.16. The number of carbonyl (C=O) groups excluding carboxylic acids is 1. The predicted molar refractivity (Wildman–Crippen MR) is 106 cm³/mol. The van der Waals surface area contributed by atoms with Crippen molar-refractivity contribution in [3.05, 3.63) is 69.7 Å². The number of carbonyl (C=O) groups is 1. The van der Waals surface area contributed by atoms with Gasteiger partial charge in [0, 0.05) is 12.5 Å². The first-order valence-corrected chi connectivity index (χ1v) is 9.32. The number of hydrogen-bond acceptors (Lipinski definition) is 1. The minimum absolute atomic E-state index is 0.0116. The molecule has 1 amide bonds. The van der Waals surface area contributed by atoms with Gasteiger partial charge in [0.1, 0.15) is 0 Å². The lowest BCUT2D eigenvalue weighted by molar-refractivity contribution is -0.121. The van der Waals surface area contributed by atoms with E-state index in [2.05, 4.69) is 50.4 Å². The van der Waals surface area contributed by atoms with Crippen LogP contribution < -0.4 is 5.32 Å². The van der Waals surface area contributed by atoms with Gasteiger partial charge < -0.3 is 5.32 Å². The Morgan fingerprint density at radius 1 is 1.08 bits per heavy atom. The van der Waals surface area contributed by atoms with Crippen LogP contribution in [0.4, 0.5) is 0 Å². The summed E-state index contributed by atoms with van der Waals surface area (Å²) < 4.78 is 0. The van der Waals surface area contributed by atoms with Crippen molar-refractivity contribution in [3.8, 4) is 0 Å².